The Labute approximate surface area is 156 Å². The molecular weight excluding hydrogens is 332 g/mol. The quantitative estimate of drug-likeness (QED) is 0.467. The number of thioether (sulfide) groups is 1. The Balaban J connectivity index is 1.76. The van der Waals surface area contributed by atoms with Crippen LogP contribution in [0.3, 0.4) is 0 Å². The summed E-state index contributed by atoms with van der Waals surface area (Å²) in [4.78, 5) is 12.2. The van der Waals surface area contributed by atoms with Crippen LogP contribution in [0.5, 0.6) is 0 Å². The van der Waals surface area contributed by atoms with Crippen molar-refractivity contribution in [3.05, 3.63) is 5.82 Å². The Hall–Kier alpha value is -1.04. The van der Waals surface area contributed by atoms with Crippen molar-refractivity contribution in [1.29, 1.82) is 0 Å². The molecule has 6 heteroatoms. The molecule has 2 rings (SSSR count). The zero-order valence-electron chi connectivity index (χ0n) is 15.9. The van der Waals surface area contributed by atoms with Crippen molar-refractivity contribution in [3.8, 4) is 0 Å². The number of aryl methyl sites for hydroxylation is 1. The van der Waals surface area contributed by atoms with E-state index in [4.69, 9.17) is 0 Å². The molecule has 1 heterocycles. The first-order valence-corrected chi connectivity index (χ1v) is 11.1. The Morgan fingerprint density at radius 3 is 2.60 bits per heavy atom. The first-order valence-electron chi connectivity index (χ1n) is 10.1. The highest BCUT2D eigenvalue weighted by Gasteiger charge is 2.17. The second-order valence-corrected chi connectivity index (χ2v) is 7.94. The standard InChI is InChI=1S/C19H34N4OS/c1-3-5-6-7-11-14-17-21-22-19(23(17)4-2)25-15-18(24)20-16-12-9-8-10-13-16/h16H,3-15H2,1-2H3,(H,20,24). The number of nitrogens with one attached hydrogen (secondary N) is 1. The largest absolute Gasteiger partial charge is 0.353 e. The molecule has 142 valence electrons. The molecule has 25 heavy (non-hydrogen) atoms. The van der Waals surface area contributed by atoms with Gasteiger partial charge in [0.25, 0.3) is 0 Å². The summed E-state index contributed by atoms with van der Waals surface area (Å²) in [6.07, 6.45) is 13.4. The normalized spacial score (nSPS) is 15.4. The average Bonchev–Trinajstić information content (AvgIpc) is 3.02. The Morgan fingerprint density at radius 1 is 1.12 bits per heavy atom. The van der Waals surface area contributed by atoms with E-state index in [1.807, 2.05) is 0 Å². The molecule has 0 atom stereocenters. The summed E-state index contributed by atoms with van der Waals surface area (Å²) in [5.41, 5.74) is 0. The molecule has 0 unspecified atom stereocenters. The van der Waals surface area contributed by atoms with Crippen molar-refractivity contribution in [1.82, 2.24) is 20.1 Å². The summed E-state index contributed by atoms with van der Waals surface area (Å²) in [5.74, 6) is 1.63. The molecule has 0 aliphatic heterocycles. The van der Waals surface area contributed by atoms with Gasteiger partial charge >= 0.3 is 0 Å². The van der Waals surface area contributed by atoms with E-state index in [1.54, 1.807) is 0 Å². The molecular formula is C19H34N4OS. The summed E-state index contributed by atoms with van der Waals surface area (Å²) in [7, 11) is 0. The highest BCUT2D eigenvalue weighted by molar-refractivity contribution is 7.99. The fraction of sp³-hybridized carbons (Fsp3) is 0.842. The second-order valence-electron chi connectivity index (χ2n) is 7.00. The van der Waals surface area contributed by atoms with Gasteiger partial charge in [-0.3, -0.25) is 4.79 Å². The molecule has 0 bridgehead atoms. The number of carbonyl (C=O) groups is 1. The highest BCUT2D eigenvalue weighted by Crippen LogP contribution is 2.20. The smallest absolute Gasteiger partial charge is 0.230 e. The first-order chi connectivity index (χ1) is 12.2. The predicted octanol–water partition coefficient (Wildman–Crippen LogP) is 4.35. The van der Waals surface area contributed by atoms with Gasteiger partial charge in [0.05, 0.1) is 5.75 Å². The van der Waals surface area contributed by atoms with Gasteiger partial charge in [0.1, 0.15) is 5.82 Å². The summed E-state index contributed by atoms with van der Waals surface area (Å²) >= 11 is 1.51. The summed E-state index contributed by atoms with van der Waals surface area (Å²) in [6.45, 7) is 5.22. The van der Waals surface area contributed by atoms with E-state index in [-0.39, 0.29) is 5.91 Å². The van der Waals surface area contributed by atoms with E-state index in [0.29, 0.717) is 11.8 Å². The molecule has 0 spiro atoms. The van der Waals surface area contributed by atoms with Crippen LogP contribution in [-0.4, -0.2) is 32.5 Å². The van der Waals surface area contributed by atoms with Crippen molar-refractivity contribution < 1.29 is 4.79 Å². The lowest BCUT2D eigenvalue weighted by Crippen LogP contribution is -2.37. The lowest BCUT2D eigenvalue weighted by molar-refractivity contribution is -0.119. The monoisotopic (exact) mass is 366 g/mol. The number of unbranched alkanes of at least 4 members (excludes halogenated alkanes) is 4. The van der Waals surface area contributed by atoms with Crippen LogP contribution in [0.25, 0.3) is 0 Å². The summed E-state index contributed by atoms with van der Waals surface area (Å²) in [6, 6.07) is 0.379. The van der Waals surface area contributed by atoms with Crippen molar-refractivity contribution in [3.63, 3.8) is 0 Å². The average molecular weight is 367 g/mol. The van der Waals surface area contributed by atoms with Gasteiger partial charge in [0.15, 0.2) is 5.16 Å². The molecule has 1 saturated carbocycles. The molecule has 5 nitrogen and oxygen atoms in total. The lowest BCUT2D eigenvalue weighted by atomic mass is 9.95. The maximum atomic E-state index is 12.2. The molecule has 1 aromatic heterocycles. The first kappa shape index (κ1) is 20.3. The molecule has 1 amide bonds. The lowest BCUT2D eigenvalue weighted by Gasteiger charge is -2.22. The van der Waals surface area contributed by atoms with Gasteiger partial charge in [-0.15, -0.1) is 10.2 Å². The van der Waals surface area contributed by atoms with Crippen LogP contribution < -0.4 is 5.32 Å². The van der Waals surface area contributed by atoms with Gasteiger partial charge in [0.2, 0.25) is 5.91 Å². The molecule has 1 aliphatic carbocycles. The molecule has 1 aliphatic rings. The van der Waals surface area contributed by atoms with Gasteiger partial charge in [-0.2, -0.15) is 0 Å². The van der Waals surface area contributed by atoms with Crippen LogP contribution >= 0.6 is 11.8 Å². The summed E-state index contributed by atoms with van der Waals surface area (Å²) in [5, 5.41) is 12.7. The number of amides is 1. The van der Waals surface area contributed by atoms with Crippen molar-refractivity contribution in [2.75, 3.05) is 5.75 Å². The number of hydrogen-bond donors (Lipinski definition) is 1. The zero-order valence-corrected chi connectivity index (χ0v) is 16.7. The topological polar surface area (TPSA) is 59.8 Å². The third-order valence-corrected chi connectivity index (χ3v) is 5.88. The fourth-order valence-corrected chi connectivity index (χ4v) is 4.29. The molecule has 0 aromatic carbocycles. The van der Waals surface area contributed by atoms with Crippen molar-refractivity contribution in [2.45, 2.75) is 102 Å². The number of carbonyl (C=O) groups excluding carboxylic acids is 1. The minimum absolute atomic E-state index is 0.128. The van der Waals surface area contributed by atoms with Crippen LogP contribution in [-0.2, 0) is 17.8 Å². The van der Waals surface area contributed by atoms with Crippen molar-refractivity contribution >= 4 is 17.7 Å². The highest BCUT2D eigenvalue weighted by atomic mass is 32.2. The zero-order chi connectivity index (χ0) is 17.9. The van der Waals surface area contributed by atoms with Gasteiger partial charge in [0, 0.05) is 19.0 Å². The predicted molar refractivity (Wildman–Crippen MR) is 104 cm³/mol. The van der Waals surface area contributed by atoms with E-state index >= 15 is 0 Å². The maximum Gasteiger partial charge on any atom is 0.230 e. The number of nitrogens with zero attached hydrogens (tertiary/aromatic N) is 3. The second kappa shape index (κ2) is 11.6. The minimum atomic E-state index is 0.128. The van der Waals surface area contributed by atoms with E-state index in [2.05, 4.69) is 33.9 Å². The third-order valence-electron chi connectivity index (χ3n) is 4.92. The van der Waals surface area contributed by atoms with E-state index in [1.165, 1.54) is 63.1 Å². The van der Waals surface area contributed by atoms with Gasteiger partial charge in [-0.05, 0) is 26.2 Å². The van der Waals surface area contributed by atoms with Gasteiger partial charge in [-0.1, -0.05) is 63.6 Å². The molecule has 0 saturated heterocycles. The SMILES string of the molecule is CCCCCCCc1nnc(SCC(=O)NC2CCCCC2)n1CC. The number of aromatic nitrogens is 3. The fourth-order valence-electron chi connectivity index (χ4n) is 3.46. The summed E-state index contributed by atoms with van der Waals surface area (Å²) < 4.78 is 2.17. The number of rotatable bonds is 11. The van der Waals surface area contributed by atoms with E-state index in [9.17, 15) is 4.79 Å². The van der Waals surface area contributed by atoms with Crippen molar-refractivity contribution in [2.24, 2.45) is 0 Å². The molecule has 1 fully saturated rings. The van der Waals surface area contributed by atoms with Crippen LogP contribution in [0, 0.1) is 0 Å². The minimum Gasteiger partial charge on any atom is -0.353 e. The molecule has 1 N–H and O–H groups in total. The van der Waals surface area contributed by atoms with Crippen LogP contribution in [0.15, 0.2) is 5.16 Å². The van der Waals surface area contributed by atoms with Crippen LogP contribution in [0.4, 0.5) is 0 Å². The molecule has 1 aromatic rings. The Kier molecular flexibility index (Phi) is 9.37. The van der Waals surface area contributed by atoms with E-state index in [0.717, 1.165) is 36.8 Å². The third kappa shape index (κ3) is 7.00. The Bertz CT molecular complexity index is 512. The Morgan fingerprint density at radius 2 is 1.88 bits per heavy atom. The van der Waals surface area contributed by atoms with Gasteiger partial charge < -0.3 is 9.88 Å². The van der Waals surface area contributed by atoms with Crippen LogP contribution in [0.2, 0.25) is 0 Å². The van der Waals surface area contributed by atoms with E-state index < -0.39 is 0 Å². The van der Waals surface area contributed by atoms with Gasteiger partial charge in [-0.25, -0.2) is 0 Å². The maximum absolute atomic E-state index is 12.2. The molecule has 0 radical (unpaired) electrons. The van der Waals surface area contributed by atoms with Crippen LogP contribution in [0.1, 0.15) is 83.9 Å². The number of hydrogen-bond acceptors (Lipinski definition) is 4.